The van der Waals surface area contributed by atoms with E-state index in [9.17, 15) is 9.59 Å². The van der Waals surface area contributed by atoms with Crippen LogP contribution in [0.1, 0.15) is 46.0 Å². The zero-order valence-electron chi connectivity index (χ0n) is 9.95. The maximum atomic E-state index is 11.7. The van der Waals surface area contributed by atoms with Gasteiger partial charge in [0, 0.05) is 13.1 Å². The Bertz CT molecular complexity index is 250. The molecule has 1 aliphatic carbocycles. The molecule has 3 heteroatoms. The first-order valence-electron chi connectivity index (χ1n) is 5.75. The minimum absolute atomic E-state index is 0.0263. The van der Waals surface area contributed by atoms with Gasteiger partial charge in [0.05, 0.1) is 6.42 Å². The maximum Gasteiger partial charge on any atom is 0.229 e. The van der Waals surface area contributed by atoms with Gasteiger partial charge in [-0.15, -0.1) is 0 Å². The highest BCUT2D eigenvalue weighted by atomic mass is 16.2. The van der Waals surface area contributed by atoms with Crippen LogP contribution in [0.4, 0.5) is 0 Å². The number of carbonyl (C=O) groups is 2. The van der Waals surface area contributed by atoms with Gasteiger partial charge in [-0.25, -0.2) is 0 Å². The van der Waals surface area contributed by atoms with E-state index in [1.165, 1.54) is 19.8 Å². The summed E-state index contributed by atoms with van der Waals surface area (Å²) in [4.78, 5) is 24.3. The van der Waals surface area contributed by atoms with E-state index in [0.29, 0.717) is 12.0 Å². The highest BCUT2D eigenvalue weighted by molar-refractivity contribution is 5.96. The summed E-state index contributed by atoms with van der Waals surface area (Å²) in [6.07, 6.45) is 4.70. The van der Waals surface area contributed by atoms with Crippen molar-refractivity contribution in [2.24, 2.45) is 5.92 Å². The van der Waals surface area contributed by atoms with Crippen molar-refractivity contribution in [2.45, 2.75) is 52.0 Å². The number of ketones is 1. The van der Waals surface area contributed by atoms with Crippen LogP contribution in [-0.4, -0.2) is 29.7 Å². The molecule has 0 aromatic rings. The van der Waals surface area contributed by atoms with Crippen LogP contribution in [0.3, 0.4) is 0 Å². The zero-order valence-corrected chi connectivity index (χ0v) is 9.95. The summed E-state index contributed by atoms with van der Waals surface area (Å²) in [7, 11) is 1.83. The van der Waals surface area contributed by atoms with Crippen LogP contribution in [0, 0.1) is 5.92 Å². The molecule has 1 saturated carbocycles. The predicted octanol–water partition coefficient (Wildman–Crippen LogP) is 2.00. The van der Waals surface area contributed by atoms with Crippen LogP contribution in [0.25, 0.3) is 0 Å². The molecule has 1 amide bonds. The fraction of sp³-hybridized carbons (Fsp3) is 0.833. The van der Waals surface area contributed by atoms with E-state index in [1.54, 1.807) is 4.90 Å². The minimum atomic E-state index is -0.0456. The smallest absolute Gasteiger partial charge is 0.229 e. The molecular formula is C12H21NO2. The molecule has 1 fully saturated rings. The first-order valence-corrected chi connectivity index (χ1v) is 5.75. The summed E-state index contributed by atoms with van der Waals surface area (Å²) >= 11 is 0. The number of nitrogens with zero attached hydrogens (tertiary/aromatic N) is 1. The summed E-state index contributed by atoms with van der Waals surface area (Å²) < 4.78 is 0. The maximum absolute atomic E-state index is 11.7. The summed E-state index contributed by atoms with van der Waals surface area (Å²) in [6, 6.07) is 0.348. The van der Waals surface area contributed by atoms with Crippen LogP contribution in [0.15, 0.2) is 0 Å². The van der Waals surface area contributed by atoms with Gasteiger partial charge in [0.1, 0.15) is 5.78 Å². The molecule has 1 aliphatic rings. The Morgan fingerprint density at radius 1 is 1.33 bits per heavy atom. The number of carbonyl (C=O) groups excluding carboxylic acids is 2. The number of hydrogen-bond acceptors (Lipinski definition) is 2. The third-order valence-corrected chi connectivity index (χ3v) is 3.25. The standard InChI is InChI=1S/C12H21NO2/c1-9-5-4-6-11(7-9)13(3)12(15)8-10(2)14/h9,11H,4-8H2,1-3H3. The molecule has 2 atom stereocenters. The van der Waals surface area contributed by atoms with Gasteiger partial charge in [-0.2, -0.15) is 0 Å². The van der Waals surface area contributed by atoms with Gasteiger partial charge in [-0.05, 0) is 25.7 Å². The number of hydrogen-bond donors (Lipinski definition) is 0. The highest BCUT2D eigenvalue weighted by Gasteiger charge is 2.25. The second kappa shape index (κ2) is 5.29. The summed E-state index contributed by atoms with van der Waals surface area (Å²) in [6.45, 7) is 3.70. The predicted molar refractivity (Wildman–Crippen MR) is 59.5 cm³/mol. The van der Waals surface area contributed by atoms with Crippen molar-refractivity contribution < 1.29 is 9.59 Å². The fourth-order valence-electron chi connectivity index (χ4n) is 2.30. The summed E-state index contributed by atoms with van der Waals surface area (Å²) in [5, 5.41) is 0. The third-order valence-electron chi connectivity index (χ3n) is 3.25. The molecule has 2 unspecified atom stereocenters. The number of Topliss-reactive ketones (excluding diaryl/α,β-unsaturated/α-hetero) is 1. The Labute approximate surface area is 91.8 Å². The second-order valence-corrected chi connectivity index (χ2v) is 4.81. The number of amides is 1. The van der Waals surface area contributed by atoms with Crippen LogP contribution in [-0.2, 0) is 9.59 Å². The Kier molecular flexibility index (Phi) is 4.30. The average molecular weight is 211 g/mol. The minimum Gasteiger partial charge on any atom is -0.342 e. The zero-order chi connectivity index (χ0) is 11.4. The molecule has 0 spiro atoms. The van der Waals surface area contributed by atoms with Crippen molar-refractivity contribution in [3.63, 3.8) is 0 Å². The molecule has 0 bridgehead atoms. The van der Waals surface area contributed by atoms with Gasteiger partial charge in [0.2, 0.25) is 5.91 Å². The lowest BCUT2D eigenvalue weighted by Gasteiger charge is -2.34. The van der Waals surface area contributed by atoms with Crippen LogP contribution < -0.4 is 0 Å². The molecule has 15 heavy (non-hydrogen) atoms. The SMILES string of the molecule is CC(=O)CC(=O)N(C)C1CCCC(C)C1. The Hall–Kier alpha value is -0.860. The van der Waals surface area contributed by atoms with Crippen LogP contribution >= 0.6 is 0 Å². The van der Waals surface area contributed by atoms with Crippen LogP contribution in [0.2, 0.25) is 0 Å². The van der Waals surface area contributed by atoms with E-state index in [0.717, 1.165) is 12.8 Å². The first-order chi connectivity index (χ1) is 7.00. The molecule has 1 rings (SSSR count). The van der Waals surface area contributed by atoms with Crippen molar-refractivity contribution in [2.75, 3.05) is 7.05 Å². The molecular weight excluding hydrogens is 190 g/mol. The molecule has 86 valence electrons. The lowest BCUT2D eigenvalue weighted by Crippen LogP contribution is -2.40. The van der Waals surface area contributed by atoms with E-state index in [4.69, 9.17) is 0 Å². The van der Waals surface area contributed by atoms with Crippen molar-refractivity contribution in [3.8, 4) is 0 Å². The van der Waals surface area contributed by atoms with Gasteiger partial charge < -0.3 is 4.90 Å². The van der Waals surface area contributed by atoms with E-state index < -0.39 is 0 Å². The lowest BCUT2D eigenvalue weighted by molar-refractivity contribution is -0.136. The summed E-state index contributed by atoms with van der Waals surface area (Å²) in [5.74, 6) is 0.633. The van der Waals surface area contributed by atoms with Crippen molar-refractivity contribution in [1.29, 1.82) is 0 Å². The monoisotopic (exact) mass is 211 g/mol. The average Bonchev–Trinajstić information content (AvgIpc) is 2.15. The van der Waals surface area contributed by atoms with E-state index in [1.807, 2.05) is 7.05 Å². The molecule has 0 aliphatic heterocycles. The third kappa shape index (κ3) is 3.65. The fourth-order valence-corrected chi connectivity index (χ4v) is 2.30. The van der Waals surface area contributed by atoms with Crippen molar-refractivity contribution >= 4 is 11.7 Å². The molecule has 0 aromatic carbocycles. The first kappa shape index (κ1) is 12.2. The largest absolute Gasteiger partial charge is 0.342 e. The van der Waals surface area contributed by atoms with E-state index in [2.05, 4.69) is 6.92 Å². The Balaban J connectivity index is 2.47. The summed E-state index contributed by atoms with van der Waals surface area (Å²) in [5.41, 5.74) is 0. The normalized spacial score (nSPS) is 26.1. The molecule has 0 heterocycles. The molecule has 0 saturated heterocycles. The molecule has 0 aromatic heterocycles. The highest BCUT2D eigenvalue weighted by Crippen LogP contribution is 2.26. The van der Waals surface area contributed by atoms with Crippen molar-refractivity contribution in [1.82, 2.24) is 4.90 Å². The Morgan fingerprint density at radius 3 is 2.53 bits per heavy atom. The quantitative estimate of drug-likeness (QED) is 0.670. The number of rotatable bonds is 3. The molecule has 0 radical (unpaired) electrons. The van der Waals surface area contributed by atoms with Gasteiger partial charge in [-0.3, -0.25) is 9.59 Å². The lowest BCUT2D eigenvalue weighted by atomic mass is 9.86. The molecule has 0 N–H and O–H groups in total. The molecule has 3 nitrogen and oxygen atoms in total. The second-order valence-electron chi connectivity index (χ2n) is 4.81. The van der Waals surface area contributed by atoms with Gasteiger partial charge in [-0.1, -0.05) is 19.8 Å². The van der Waals surface area contributed by atoms with E-state index in [-0.39, 0.29) is 18.1 Å². The topological polar surface area (TPSA) is 37.4 Å². The van der Waals surface area contributed by atoms with Gasteiger partial charge in [0.25, 0.3) is 0 Å². The van der Waals surface area contributed by atoms with Gasteiger partial charge in [0.15, 0.2) is 0 Å². The van der Waals surface area contributed by atoms with Gasteiger partial charge >= 0.3 is 0 Å². The van der Waals surface area contributed by atoms with Crippen molar-refractivity contribution in [3.05, 3.63) is 0 Å². The van der Waals surface area contributed by atoms with Crippen LogP contribution in [0.5, 0.6) is 0 Å². The Morgan fingerprint density at radius 2 is 2.00 bits per heavy atom. The van der Waals surface area contributed by atoms with E-state index >= 15 is 0 Å².